The minimum absolute atomic E-state index is 0.0152. The molecule has 2 aromatic heterocycles. The van der Waals surface area contributed by atoms with Gasteiger partial charge in [0.25, 0.3) is 0 Å². The number of aromatic nitrogens is 2. The van der Waals surface area contributed by atoms with Crippen molar-refractivity contribution in [2.24, 2.45) is 17.2 Å². The lowest BCUT2D eigenvalue weighted by atomic mass is 9.99. The molecule has 8 amide bonds. The molecule has 0 bridgehead atoms. The van der Waals surface area contributed by atoms with Gasteiger partial charge in [-0.1, -0.05) is 66.7 Å². The first kappa shape index (κ1) is 67.8. The molecule has 10 atom stereocenters. The summed E-state index contributed by atoms with van der Waals surface area (Å²) in [4.78, 5) is 144. The van der Waals surface area contributed by atoms with Crippen molar-refractivity contribution in [1.82, 2.24) is 52.5 Å². The van der Waals surface area contributed by atoms with Crippen LogP contribution in [0.15, 0.2) is 91.3 Å². The maximum atomic E-state index is 15.1. The highest BCUT2D eigenvalue weighted by molar-refractivity contribution is 7.80. The maximum absolute atomic E-state index is 15.1. The van der Waals surface area contributed by atoms with Crippen molar-refractivity contribution in [2.75, 3.05) is 24.6 Å². The van der Waals surface area contributed by atoms with E-state index in [9.17, 15) is 58.5 Å². The molecule has 2 heterocycles. The van der Waals surface area contributed by atoms with Gasteiger partial charge in [0.1, 0.15) is 48.3 Å². The molecule has 0 aliphatic carbocycles. The number of carboxylic acids is 2. The van der Waals surface area contributed by atoms with E-state index in [-0.39, 0.29) is 56.7 Å². The van der Waals surface area contributed by atoms with E-state index in [1.165, 1.54) is 6.92 Å². The zero-order valence-corrected chi connectivity index (χ0v) is 48.7. The Morgan fingerprint density at radius 2 is 0.882 bits per heavy atom. The number of benzene rings is 3. The van der Waals surface area contributed by atoms with Crippen LogP contribution < -0.4 is 59.7 Å². The predicted molar refractivity (Wildman–Crippen MR) is 323 cm³/mol. The van der Waals surface area contributed by atoms with Gasteiger partial charge in [0.2, 0.25) is 47.3 Å². The van der Waals surface area contributed by atoms with Crippen LogP contribution in [-0.2, 0) is 67.2 Å². The molecule has 5 aromatic rings. The number of carbonyl (C=O) groups excluding carboxylic acids is 8. The summed E-state index contributed by atoms with van der Waals surface area (Å²) in [6.45, 7) is 1.65. The van der Waals surface area contributed by atoms with E-state index >= 15 is 4.79 Å². The first-order valence-corrected chi connectivity index (χ1v) is 29.0. The van der Waals surface area contributed by atoms with Crippen LogP contribution in [0.3, 0.4) is 0 Å². The summed E-state index contributed by atoms with van der Waals surface area (Å²) in [5.41, 5.74) is 20.5. The fraction of sp³-hybridized carbons (Fsp3) is 0.439. The first-order chi connectivity index (χ1) is 40.7. The standard InChI is InChI=1S/C57H77N13O13S2/c1-31(71)48(56(81)69-46(30-85)57(82)83)70-51(76)41(20-10-12-22-59)63-50(75)40(19-9-11-21-58)64-52(77)42(23-32-13-3-2-4-14-32)66-53(78)43(24-33-27-61-38-17-7-5-15-35(33)38)67-54(79)44(25-34-28-62-39-18-8-6-16-36(34)39)68-55(80)45(26-47(72)73)65-49(74)37(60)29-84/h2-8,13-18,27-28,31,37,40-46,48,61-62,71,84-85H,9-12,19-26,29-30,58-60H2,1H3,(H,63,75)(H,64,77)(H,65,74)(H,66,78)(H,67,79)(H,68,80)(H,69,81)(H,70,76)(H,72,73)(H,82,83)/t31-,37+,40+,41+,42+,43+,44+,45+,46+,48+/m1/s1. The van der Waals surface area contributed by atoms with Gasteiger partial charge in [-0.25, -0.2) is 4.79 Å². The smallest absolute Gasteiger partial charge is 0.327 e. The van der Waals surface area contributed by atoms with Crippen molar-refractivity contribution in [2.45, 2.75) is 132 Å². The van der Waals surface area contributed by atoms with Crippen LogP contribution >= 0.6 is 25.3 Å². The van der Waals surface area contributed by atoms with Gasteiger partial charge in [0.15, 0.2) is 0 Å². The van der Waals surface area contributed by atoms with E-state index < -0.39 is 126 Å². The van der Waals surface area contributed by atoms with E-state index in [1.54, 1.807) is 91.3 Å². The highest BCUT2D eigenvalue weighted by atomic mass is 32.1. The number of carboxylic acid groups (broad SMARTS) is 2. The molecule has 0 radical (unpaired) electrons. The number of thiol groups is 2. The molecular formula is C57H77N13O13S2. The normalized spacial score (nSPS) is 14.8. The number of fused-ring (bicyclic) bond motifs is 2. The lowest BCUT2D eigenvalue weighted by molar-refractivity contribution is -0.142. The summed E-state index contributed by atoms with van der Waals surface area (Å²) in [5.74, 6) is -10.7. The summed E-state index contributed by atoms with van der Waals surface area (Å²) in [6.07, 6.45) is 1.69. The number of nitrogens with two attached hydrogens (primary N) is 3. The Kier molecular flexibility index (Phi) is 27.2. The van der Waals surface area contributed by atoms with Crippen LogP contribution in [-0.4, -0.2) is 170 Å². The lowest BCUT2D eigenvalue weighted by Gasteiger charge is -2.28. The van der Waals surface area contributed by atoms with Gasteiger partial charge in [-0.2, -0.15) is 25.3 Å². The molecule has 0 saturated heterocycles. The topological polar surface area (TPSA) is 437 Å². The second-order valence-corrected chi connectivity index (χ2v) is 21.2. The van der Waals surface area contributed by atoms with Crippen LogP contribution in [0.25, 0.3) is 21.8 Å². The van der Waals surface area contributed by atoms with Gasteiger partial charge in [0.05, 0.1) is 18.6 Å². The Labute approximate surface area is 501 Å². The molecule has 0 saturated carbocycles. The Bertz CT molecular complexity index is 3090. The number of nitrogens with one attached hydrogen (secondary N) is 10. The van der Waals surface area contributed by atoms with Gasteiger partial charge in [-0.3, -0.25) is 43.2 Å². The third kappa shape index (κ3) is 20.6. The minimum atomic E-state index is -1.71. The van der Waals surface area contributed by atoms with Crippen molar-refractivity contribution >= 4 is 106 Å². The van der Waals surface area contributed by atoms with Crippen molar-refractivity contribution in [1.29, 1.82) is 0 Å². The Balaban J connectivity index is 1.50. The molecule has 3 aromatic carbocycles. The number of aliphatic hydroxyl groups excluding tert-OH is 1. The van der Waals surface area contributed by atoms with Gasteiger partial charge in [-0.15, -0.1) is 0 Å². The van der Waals surface area contributed by atoms with Crippen LogP contribution in [0.2, 0.25) is 0 Å². The van der Waals surface area contributed by atoms with Crippen LogP contribution in [0.4, 0.5) is 0 Å². The predicted octanol–water partition coefficient (Wildman–Crippen LogP) is -1.06. The first-order valence-electron chi connectivity index (χ1n) is 27.7. The van der Waals surface area contributed by atoms with E-state index in [2.05, 4.69) is 77.8 Å². The quantitative estimate of drug-likeness (QED) is 0.0168. The van der Waals surface area contributed by atoms with Gasteiger partial charge < -0.3 is 85.0 Å². The number of hydrogen-bond acceptors (Lipinski definition) is 16. The van der Waals surface area contributed by atoms with Crippen LogP contribution in [0.5, 0.6) is 0 Å². The van der Waals surface area contributed by atoms with Crippen molar-refractivity contribution in [3.8, 4) is 0 Å². The second-order valence-electron chi connectivity index (χ2n) is 20.4. The largest absolute Gasteiger partial charge is 0.481 e. The molecule has 0 fully saturated rings. The average Bonchev–Trinajstić information content (AvgIpc) is 4.11. The Hall–Kier alpha value is -8.02. The molecule has 28 heteroatoms. The highest BCUT2D eigenvalue weighted by Crippen LogP contribution is 2.22. The van der Waals surface area contributed by atoms with Crippen molar-refractivity contribution in [3.63, 3.8) is 0 Å². The number of amides is 8. The fourth-order valence-electron chi connectivity index (χ4n) is 9.25. The van der Waals surface area contributed by atoms with E-state index in [1.807, 2.05) is 0 Å². The number of aliphatic carboxylic acids is 2. The molecule has 19 N–H and O–H groups in total. The number of aliphatic hydroxyl groups is 1. The lowest BCUT2D eigenvalue weighted by Crippen LogP contribution is -2.61. The molecular weight excluding hydrogens is 1140 g/mol. The monoisotopic (exact) mass is 1220 g/mol. The number of hydrogen-bond donors (Lipinski definition) is 18. The van der Waals surface area contributed by atoms with Crippen molar-refractivity contribution in [3.05, 3.63) is 108 Å². The Morgan fingerprint density at radius 1 is 0.482 bits per heavy atom. The average molecular weight is 1220 g/mol. The SMILES string of the molecule is C[C@@H](O)[C@H](NC(=O)[C@H](CCCCN)NC(=O)[C@H](CCCCN)NC(=O)[C@H](Cc1ccccc1)NC(=O)[C@H](Cc1c[nH]c2ccccc12)NC(=O)[C@H](Cc1c[nH]c2ccccc12)NC(=O)[C@H](CC(=O)O)NC(=O)[C@@H](N)CS)C(=O)N[C@@H](CS)C(=O)O. The molecule has 0 unspecified atom stereocenters. The zero-order chi connectivity index (χ0) is 62.2. The molecule has 5 rings (SSSR count). The van der Waals surface area contributed by atoms with Gasteiger partial charge in [0, 0.05) is 65.0 Å². The van der Waals surface area contributed by atoms with E-state index in [0.29, 0.717) is 64.2 Å². The third-order valence-corrected chi connectivity index (χ3v) is 14.7. The highest BCUT2D eigenvalue weighted by Gasteiger charge is 2.37. The van der Waals surface area contributed by atoms with E-state index in [4.69, 9.17) is 17.2 Å². The summed E-state index contributed by atoms with van der Waals surface area (Å²) in [6, 6.07) is 9.57. The van der Waals surface area contributed by atoms with Crippen LogP contribution in [0.1, 0.15) is 68.6 Å². The number of H-pyrrole nitrogens is 2. The summed E-state index contributed by atoms with van der Waals surface area (Å²) in [7, 11) is 0. The molecule has 26 nitrogen and oxygen atoms in total. The summed E-state index contributed by atoms with van der Waals surface area (Å²) >= 11 is 7.99. The molecule has 0 aliphatic rings. The molecule has 0 spiro atoms. The maximum Gasteiger partial charge on any atom is 0.327 e. The van der Waals surface area contributed by atoms with Crippen LogP contribution in [0, 0.1) is 0 Å². The van der Waals surface area contributed by atoms with Crippen molar-refractivity contribution < 1.29 is 63.3 Å². The number of rotatable bonds is 36. The fourth-order valence-corrected chi connectivity index (χ4v) is 9.67. The molecule has 0 aliphatic heterocycles. The zero-order valence-electron chi connectivity index (χ0n) is 46.9. The summed E-state index contributed by atoms with van der Waals surface area (Å²) in [5, 5.41) is 51.8. The summed E-state index contributed by atoms with van der Waals surface area (Å²) < 4.78 is 0. The number of unbranched alkanes of at least 4 members (excludes halogenated alkanes) is 2. The van der Waals surface area contributed by atoms with Gasteiger partial charge >= 0.3 is 11.9 Å². The third-order valence-electron chi connectivity index (χ3n) is 13.9. The number of aromatic amines is 2. The van der Waals surface area contributed by atoms with Gasteiger partial charge in [-0.05, 0) is 87.4 Å². The number of para-hydroxylation sites is 2. The number of carbonyl (C=O) groups is 10. The van der Waals surface area contributed by atoms with E-state index in [0.717, 1.165) is 0 Å². The molecule has 460 valence electrons. The minimum Gasteiger partial charge on any atom is -0.481 e. The molecule has 85 heavy (non-hydrogen) atoms. The second kappa shape index (κ2) is 34.1. The Morgan fingerprint density at radius 3 is 1.32 bits per heavy atom.